The van der Waals surface area contributed by atoms with Gasteiger partial charge < -0.3 is 5.41 Å². The van der Waals surface area contributed by atoms with Gasteiger partial charge in [-0.05, 0) is 29.0 Å². The minimum absolute atomic E-state index is 0.381. The molecular formula is C19H21N. The molecule has 0 bridgehead atoms. The van der Waals surface area contributed by atoms with E-state index >= 15 is 0 Å². The topological polar surface area (TPSA) is 23.9 Å². The van der Waals surface area contributed by atoms with Crippen LogP contribution in [0.4, 0.5) is 0 Å². The number of nitrogens with one attached hydrogen (secondary N) is 1. The molecule has 20 heavy (non-hydrogen) atoms. The van der Waals surface area contributed by atoms with Gasteiger partial charge in [0, 0.05) is 12.1 Å². The molecule has 0 amide bonds. The summed E-state index contributed by atoms with van der Waals surface area (Å²) in [6.07, 6.45) is 3.43. The fraction of sp³-hybridized carbons (Fsp3) is 0.211. The highest BCUT2D eigenvalue weighted by Crippen LogP contribution is 2.19. The van der Waals surface area contributed by atoms with Crippen LogP contribution in [0, 0.1) is 11.3 Å². The third-order valence-corrected chi connectivity index (χ3v) is 3.45. The zero-order valence-corrected chi connectivity index (χ0v) is 12.0. The SMILES string of the molecule is C=CC(C)CC(=N)Cc1ccc(-c2ccccc2)cc1. The van der Waals surface area contributed by atoms with Crippen LogP contribution >= 0.6 is 0 Å². The van der Waals surface area contributed by atoms with E-state index in [-0.39, 0.29) is 0 Å². The van der Waals surface area contributed by atoms with Gasteiger partial charge in [0.05, 0.1) is 0 Å². The van der Waals surface area contributed by atoms with Crippen LogP contribution in [0.5, 0.6) is 0 Å². The smallest absolute Gasteiger partial charge is 0.0139 e. The summed E-state index contributed by atoms with van der Waals surface area (Å²) in [5.74, 6) is 0.381. The molecule has 1 atom stereocenters. The first kappa shape index (κ1) is 14.3. The Morgan fingerprint density at radius 3 is 2.25 bits per heavy atom. The summed E-state index contributed by atoms with van der Waals surface area (Å²) in [5, 5.41) is 8.03. The van der Waals surface area contributed by atoms with Crippen molar-refractivity contribution in [3.05, 3.63) is 72.8 Å². The van der Waals surface area contributed by atoms with Crippen LogP contribution in [0.15, 0.2) is 67.3 Å². The second kappa shape index (κ2) is 6.85. The Morgan fingerprint density at radius 1 is 1.05 bits per heavy atom. The lowest BCUT2D eigenvalue weighted by molar-refractivity contribution is 0.760. The van der Waals surface area contributed by atoms with Crippen LogP contribution in [0.1, 0.15) is 18.9 Å². The largest absolute Gasteiger partial charge is 0.309 e. The van der Waals surface area contributed by atoms with Crippen molar-refractivity contribution in [3.63, 3.8) is 0 Å². The Balaban J connectivity index is 2.02. The average molecular weight is 263 g/mol. The van der Waals surface area contributed by atoms with Crippen molar-refractivity contribution in [2.24, 2.45) is 5.92 Å². The maximum absolute atomic E-state index is 8.03. The van der Waals surface area contributed by atoms with Gasteiger partial charge in [0.15, 0.2) is 0 Å². The van der Waals surface area contributed by atoms with Gasteiger partial charge in [0.2, 0.25) is 0 Å². The first-order valence-electron chi connectivity index (χ1n) is 7.02. The Morgan fingerprint density at radius 2 is 1.65 bits per heavy atom. The number of hydrogen-bond acceptors (Lipinski definition) is 1. The molecule has 0 saturated carbocycles. The van der Waals surface area contributed by atoms with E-state index in [9.17, 15) is 0 Å². The van der Waals surface area contributed by atoms with Crippen LogP contribution in [0.3, 0.4) is 0 Å². The lowest BCUT2D eigenvalue weighted by Gasteiger charge is -2.08. The van der Waals surface area contributed by atoms with E-state index in [0.717, 1.165) is 18.6 Å². The molecule has 2 aromatic carbocycles. The fourth-order valence-corrected chi connectivity index (χ4v) is 2.24. The highest BCUT2D eigenvalue weighted by molar-refractivity contribution is 5.84. The molecule has 0 aliphatic carbocycles. The molecule has 0 radical (unpaired) electrons. The summed E-state index contributed by atoms with van der Waals surface area (Å²) in [6.45, 7) is 5.87. The minimum atomic E-state index is 0.381. The first-order valence-corrected chi connectivity index (χ1v) is 7.02. The Hall–Kier alpha value is -2.15. The van der Waals surface area contributed by atoms with Crippen molar-refractivity contribution in [3.8, 4) is 11.1 Å². The lowest BCUT2D eigenvalue weighted by atomic mass is 9.97. The lowest BCUT2D eigenvalue weighted by Crippen LogP contribution is -2.05. The molecule has 0 spiro atoms. The molecule has 1 N–H and O–H groups in total. The molecule has 2 rings (SSSR count). The molecule has 0 heterocycles. The molecule has 1 unspecified atom stereocenters. The van der Waals surface area contributed by atoms with Crippen molar-refractivity contribution in [2.75, 3.05) is 0 Å². The zero-order chi connectivity index (χ0) is 14.4. The summed E-state index contributed by atoms with van der Waals surface area (Å²) in [6, 6.07) is 18.9. The van der Waals surface area contributed by atoms with Crippen molar-refractivity contribution in [1.29, 1.82) is 5.41 Å². The molecule has 0 aliphatic rings. The average Bonchev–Trinajstić information content (AvgIpc) is 2.48. The maximum Gasteiger partial charge on any atom is 0.0139 e. The third kappa shape index (κ3) is 3.92. The molecule has 0 aliphatic heterocycles. The van der Waals surface area contributed by atoms with Crippen LogP contribution in [-0.2, 0) is 6.42 Å². The molecule has 1 nitrogen and oxygen atoms in total. The Labute approximate surface area is 121 Å². The maximum atomic E-state index is 8.03. The van der Waals surface area contributed by atoms with Gasteiger partial charge in [-0.25, -0.2) is 0 Å². The molecule has 0 fully saturated rings. The van der Waals surface area contributed by atoms with Crippen LogP contribution in [0.2, 0.25) is 0 Å². The van der Waals surface area contributed by atoms with E-state index in [4.69, 9.17) is 5.41 Å². The monoisotopic (exact) mass is 263 g/mol. The van der Waals surface area contributed by atoms with Crippen molar-refractivity contribution >= 4 is 5.71 Å². The Kier molecular flexibility index (Phi) is 4.89. The van der Waals surface area contributed by atoms with Gasteiger partial charge in [-0.2, -0.15) is 0 Å². The fourth-order valence-electron chi connectivity index (χ4n) is 2.24. The van der Waals surface area contributed by atoms with Gasteiger partial charge in [-0.15, -0.1) is 6.58 Å². The summed E-state index contributed by atoms with van der Waals surface area (Å²) in [4.78, 5) is 0. The molecule has 0 saturated heterocycles. The normalized spacial score (nSPS) is 11.8. The summed E-state index contributed by atoms with van der Waals surface area (Å²) in [5.41, 5.74) is 4.42. The predicted octanol–water partition coefficient (Wildman–Crippen LogP) is 5.13. The van der Waals surface area contributed by atoms with Gasteiger partial charge >= 0.3 is 0 Å². The van der Waals surface area contributed by atoms with E-state index < -0.39 is 0 Å². The highest BCUT2D eigenvalue weighted by Gasteiger charge is 2.04. The van der Waals surface area contributed by atoms with Crippen LogP contribution < -0.4 is 0 Å². The van der Waals surface area contributed by atoms with E-state index in [0.29, 0.717) is 5.92 Å². The quantitative estimate of drug-likeness (QED) is 0.552. The number of benzene rings is 2. The molecule has 102 valence electrons. The number of hydrogen-bond donors (Lipinski definition) is 1. The predicted molar refractivity (Wildman–Crippen MR) is 87.3 cm³/mol. The van der Waals surface area contributed by atoms with Gasteiger partial charge in [0.25, 0.3) is 0 Å². The van der Waals surface area contributed by atoms with E-state index in [2.05, 4.69) is 62.0 Å². The second-order valence-corrected chi connectivity index (χ2v) is 5.26. The number of rotatable bonds is 6. The van der Waals surface area contributed by atoms with Crippen molar-refractivity contribution in [2.45, 2.75) is 19.8 Å². The Bertz CT molecular complexity index is 566. The van der Waals surface area contributed by atoms with Crippen LogP contribution in [-0.4, -0.2) is 5.71 Å². The van der Waals surface area contributed by atoms with Gasteiger partial charge in [-0.3, -0.25) is 0 Å². The number of allylic oxidation sites excluding steroid dienone is 1. The third-order valence-electron chi connectivity index (χ3n) is 3.45. The highest BCUT2D eigenvalue weighted by atomic mass is 14.4. The van der Waals surface area contributed by atoms with E-state index in [1.54, 1.807) is 0 Å². The molecule has 2 aromatic rings. The minimum Gasteiger partial charge on any atom is -0.309 e. The standard InChI is InChI=1S/C19H21N/c1-3-15(2)13-19(20)14-16-9-11-18(12-10-16)17-7-5-4-6-8-17/h3-12,15,20H,1,13-14H2,2H3. The second-order valence-electron chi connectivity index (χ2n) is 5.26. The zero-order valence-electron chi connectivity index (χ0n) is 12.0. The van der Waals surface area contributed by atoms with Crippen molar-refractivity contribution in [1.82, 2.24) is 0 Å². The van der Waals surface area contributed by atoms with Gasteiger partial charge in [0.1, 0.15) is 0 Å². The summed E-state index contributed by atoms with van der Waals surface area (Å²) in [7, 11) is 0. The molecular weight excluding hydrogens is 242 g/mol. The van der Waals surface area contributed by atoms with Crippen molar-refractivity contribution < 1.29 is 0 Å². The molecule has 1 heteroatoms. The van der Waals surface area contributed by atoms with Crippen LogP contribution in [0.25, 0.3) is 11.1 Å². The van der Waals surface area contributed by atoms with E-state index in [1.165, 1.54) is 16.7 Å². The summed E-state index contributed by atoms with van der Waals surface area (Å²) >= 11 is 0. The molecule has 0 aromatic heterocycles. The first-order chi connectivity index (χ1) is 9.69. The van der Waals surface area contributed by atoms with E-state index in [1.807, 2.05) is 12.1 Å². The van der Waals surface area contributed by atoms with Gasteiger partial charge in [-0.1, -0.05) is 67.6 Å². The summed E-state index contributed by atoms with van der Waals surface area (Å²) < 4.78 is 0.